The number of aromatic amines is 2. The Morgan fingerprint density at radius 2 is 2.43 bits per heavy atom. The Balaban J connectivity index is 0.000000360. The van der Waals surface area contributed by atoms with E-state index < -0.39 is 0 Å². The molecule has 1 aromatic rings. The van der Waals surface area contributed by atoms with E-state index >= 15 is 0 Å². The predicted octanol–water partition coefficient (Wildman–Crippen LogP) is 0.0865. The fourth-order valence-electron chi connectivity index (χ4n) is 0.217. The normalized spacial score (nSPS) is 7.43. The van der Waals surface area contributed by atoms with Crippen LogP contribution in [0.3, 0.4) is 0 Å². The number of H-pyrrole nitrogens is 2. The topological polar surface area (TPSA) is 44.5 Å². The van der Waals surface area contributed by atoms with E-state index in [1.165, 1.54) is 6.33 Å². The second kappa shape index (κ2) is 3.93. The first-order chi connectivity index (χ1) is 2.89. The van der Waals surface area contributed by atoms with Gasteiger partial charge in [0.1, 0.15) is 6.33 Å². The van der Waals surface area contributed by atoms with E-state index in [9.17, 15) is 0 Å². The molecular formula is C2H3KN3S. The van der Waals surface area contributed by atoms with Crippen molar-refractivity contribution in [1.82, 2.24) is 15.2 Å². The standard InChI is InChI=1S/C2H3N3S.K/c6-2-3-1-4-5-2;/h1H,(H2,3,4,5,6);. The molecular weight excluding hydrogens is 137 g/mol. The minimum atomic E-state index is 0. The van der Waals surface area contributed by atoms with Gasteiger partial charge in [-0.3, -0.25) is 10.2 Å². The summed E-state index contributed by atoms with van der Waals surface area (Å²) in [7, 11) is 0. The summed E-state index contributed by atoms with van der Waals surface area (Å²) in [6.07, 6.45) is 1.50. The van der Waals surface area contributed by atoms with Crippen molar-refractivity contribution in [2.45, 2.75) is 0 Å². The molecule has 0 aliphatic carbocycles. The van der Waals surface area contributed by atoms with Crippen LogP contribution in [0.4, 0.5) is 0 Å². The third-order valence-corrected chi connectivity index (χ3v) is 0.633. The Kier molecular flexibility index (Phi) is 4.49. The minimum absolute atomic E-state index is 0. The van der Waals surface area contributed by atoms with E-state index in [4.69, 9.17) is 0 Å². The fourth-order valence-corrected chi connectivity index (χ4v) is 0.329. The van der Waals surface area contributed by atoms with Crippen LogP contribution in [0, 0.1) is 4.77 Å². The van der Waals surface area contributed by atoms with Crippen molar-refractivity contribution in [3.8, 4) is 0 Å². The molecule has 1 rings (SSSR count). The molecule has 0 amide bonds. The van der Waals surface area contributed by atoms with Gasteiger partial charge in [0.2, 0.25) is 4.77 Å². The number of nitrogens with zero attached hydrogens (tertiary/aromatic N) is 1. The second-order valence-electron chi connectivity index (χ2n) is 0.833. The summed E-state index contributed by atoms with van der Waals surface area (Å²) >= 11 is 4.55. The van der Waals surface area contributed by atoms with Crippen molar-refractivity contribution in [3.63, 3.8) is 0 Å². The summed E-state index contributed by atoms with van der Waals surface area (Å²) in [6.45, 7) is 0. The van der Waals surface area contributed by atoms with Gasteiger partial charge in [0.15, 0.2) is 0 Å². The van der Waals surface area contributed by atoms with Gasteiger partial charge in [-0.1, -0.05) is 0 Å². The zero-order chi connectivity index (χ0) is 4.41. The van der Waals surface area contributed by atoms with Crippen molar-refractivity contribution in [2.75, 3.05) is 0 Å². The van der Waals surface area contributed by atoms with Crippen LogP contribution in [0.2, 0.25) is 0 Å². The summed E-state index contributed by atoms with van der Waals surface area (Å²) < 4.78 is 0.495. The molecule has 1 radical (unpaired) electrons. The van der Waals surface area contributed by atoms with Gasteiger partial charge in [0.05, 0.1) is 0 Å². The maximum absolute atomic E-state index is 4.55. The summed E-state index contributed by atoms with van der Waals surface area (Å²) in [4.78, 5) is 3.62. The van der Waals surface area contributed by atoms with Crippen LogP contribution in [0.1, 0.15) is 0 Å². The molecule has 7 heavy (non-hydrogen) atoms. The molecule has 0 aliphatic heterocycles. The molecule has 2 N–H and O–H groups in total. The summed E-state index contributed by atoms with van der Waals surface area (Å²) in [5.74, 6) is 0. The number of hydrogen-bond donors (Lipinski definition) is 2. The average Bonchev–Trinajstić information content (AvgIpc) is 1.86. The molecule has 0 bridgehead atoms. The summed E-state index contributed by atoms with van der Waals surface area (Å²) in [5.41, 5.74) is 0. The van der Waals surface area contributed by atoms with Crippen LogP contribution in [0.15, 0.2) is 6.33 Å². The first kappa shape index (κ1) is 8.00. The third-order valence-electron chi connectivity index (χ3n) is 0.425. The number of rotatable bonds is 0. The van der Waals surface area contributed by atoms with E-state index in [1.807, 2.05) is 0 Å². The van der Waals surface area contributed by atoms with Crippen LogP contribution in [-0.4, -0.2) is 66.6 Å². The molecule has 33 valence electrons. The Morgan fingerprint density at radius 3 is 2.57 bits per heavy atom. The van der Waals surface area contributed by atoms with E-state index in [0.717, 1.165) is 0 Å². The fraction of sp³-hybridized carbons (Fsp3) is 0. The minimum Gasteiger partial charge on any atom is -0.288 e. The predicted molar refractivity (Wildman–Crippen MR) is 29.5 cm³/mol. The molecule has 0 atom stereocenters. The first-order valence-electron chi connectivity index (χ1n) is 1.47. The van der Waals surface area contributed by atoms with Crippen LogP contribution >= 0.6 is 12.2 Å². The van der Waals surface area contributed by atoms with Gasteiger partial charge in [-0.25, -0.2) is 4.98 Å². The maximum atomic E-state index is 4.55. The number of hydrogen-bond acceptors (Lipinski definition) is 2. The van der Waals surface area contributed by atoms with Gasteiger partial charge in [0, 0.05) is 51.4 Å². The molecule has 0 spiro atoms. The van der Waals surface area contributed by atoms with Crippen molar-refractivity contribution in [2.24, 2.45) is 0 Å². The van der Waals surface area contributed by atoms with Gasteiger partial charge >= 0.3 is 0 Å². The molecule has 0 saturated heterocycles. The van der Waals surface area contributed by atoms with E-state index in [-0.39, 0.29) is 51.4 Å². The van der Waals surface area contributed by atoms with Crippen LogP contribution in [0.5, 0.6) is 0 Å². The van der Waals surface area contributed by atoms with Crippen LogP contribution < -0.4 is 0 Å². The van der Waals surface area contributed by atoms with Crippen molar-refractivity contribution in [1.29, 1.82) is 0 Å². The largest absolute Gasteiger partial charge is 0.288 e. The van der Waals surface area contributed by atoms with Crippen molar-refractivity contribution >= 4 is 63.6 Å². The van der Waals surface area contributed by atoms with E-state index in [2.05, 4.69) is 27.4 Å². The first-order valence-corrected chi connectivity index (χ1v) is 1.88. The molecule has 0 aromatic carbocycles. The molecule has 0 unspecified atom stereocenters. The summed E-state index contributed by atoms with van der Waals surface area (Å²) in [6, 6.07) is 0. The molecule has 0 saturated carbocycles. The zero-order valence-electron chi connectivity index (χ0n) is 3.93. The smallest absolute Gasteiger partial charge is 0.213 e. The molecule has 0 aliphatic rings. The quantitative estimate of drug-likeness (QED) is 0.396. The Morgan fingerprint density at radius 1 is 1.71 bits per heavy atom. The Labute approximate surface area is 88.3 Å². The maximum Gasteiger partial charge on any atom is 0.213 e. The van der Waals surface area contributed by atoms with Crippen molar-refractivity contribution in [3.05, 3.63) is 11.1 Å². The van der Waals surface area contributed by atoms with Gasteiger partial charge in [0.25, 0.3) is 0 Å². The molecule has 1 heterocycles. The SMILES string of the molecule is S=c1nc[nH][nH]1.[K]. The number of aromatic nitrogens is 3. The molecule has 0 fully saturated rings. The van der Waals surface area contributed by atoms with Crippen LogP contribution in [0.25, 0.3) is 0 Å². The van der Waals surface area contributed by atoms with Crippen LogP contribution in [-0.2, 0) is 0 Å². The molecule has 3 nitrogen and oxygen atoms in total. The molecule has 1 aromatic heterocycles. The average molecular weight is 140 g/mol. The Hall–Kier alpha value is 0.996. The van der Waals surface area contributed by atoms with Crippen molar-refractivity contribution < 1.29 is 0 Å². The summed E-state index contributed by atoms with van der Waals surface area (Å²) in [5, 5.41) is 5.17. The van der Waals surface area contributed by atoms with Gasteiger partial charge in [-0.15, -0.1) is 0 Å². The van der Waals surface area contributed by atoms with Gasteiger partial charge in [-0.05, 0) is 12.2 Å². The number of nitrogens with one attached hydrogen (secondary N) is 2. The van der Waals surface area contributed by atoms with Gasteiger partial charge in [-0.2, -0.15) is 0 Å². The molecule has 5 heteroatoms. The van der Waals surface area contributed by atoms with E-state index in [1.54, 1.807) is 0 Å². The van der Waals surface area contributed by atoms with E-state index in [0.29, 0.717) is 4.77 Å². The second-order valence-corrected chi connectivity index (χ2v) is 1.22. The third kappa shape index (κ3) is 2.73. The Bertz CT molecular complexity index is 151. The monoisotopic (exact) mass is 140 g/mol. The van der Waals surface area contributed by atoms with Gasteiger partial charge < -0.3 is 0 Å². The zero-order valence-corrected chi connectivity index (χ0v) is 7.87.